The average Bonchev–Trinajstić information content (AvgIpc) is 2.69. The summed E-state index contributed by atoms with van der Waals surface area (Å²) in [5.74, 6) is 0.117. The summed E-state index contributed by atoms with van der Waals surface area (Å²) in [4.78, 5) is 11.5. The van der Waals surface area contributed by atoms with Crippen molar-refractivity contribution in [3.8, 4) is 5.75 Å². The van der Waals surface area contributed by atoms with Gasteiger partial charge in [0.1, 0.15) is 5.75 Å². The number of hydrogen-bond acceptors (Lipinski definition) is 3. The summed E-state index contributed by atoms with van der Waals surface area (Å²) in [7, 11) is 1.41. The van der Waals surface area contributed by atoms with Gasteiger partial charge < -0.3 is 9.84 Å². The molecular weight excluding hydrogens is 204 g/mol. The molecule has 0 heterocycles. The second-order valence-corrected chi connectivity index (χ2v) is 4.34. The normalized spacial score (nSPS) is 20.2. The molecule has 1 aromatic carbocycles. The van der Waals surface area contributed by atoms with Gasteiger partial charge in [0.05, 0.1) is 13.0 Å². The van der Waals surface area contributed by atoms with Crippen LogP contribution in [0, 0.1) is 5.92 Å². The van der Waals surface area contributed by atoms with E-state index < -0.39 is 0 Å². The van der Waals surface area contributed by atoms with Crippen LogP contribution in [-0.2, 0) is 16.0 Å². The van der Waals surface area contributed by atoms with Crippen molar-refractivity contribution in [3.05, 3.63) is 29.3 Å². The molecule has 0 aliphatic heterocycles. The molecule has 0 saturated heterocycles. The second-order valence-electron chi connectivity index (χ2n) is 4.34. The van der Waals surface area contributed by atoms with Gasteiger partial charge in [-0.2, -0.15) is 0 Å². The zero-order chi connectivity index (χ0) is 11.7. The van der Waals surface area contributed by atoms with Gasteiger partial charge in [0, 0.05) is 0 Å². The molecule has 0 fully saturated rings. The van der Waals surface area contributed by atoms with E-state index in [2.05, 4.69) is 0 Å². The lowest BCUT2D eigenvalue weighted by Gasteiger charge is -2.18. The van der Waals surface area contributed by atoms with Crippen LogP contribution in [0.1, 0.15) is 30.4 Å². The molecule has 3 heteroatoms. The summed E-state index contributed by atoms with van der Waals surface area (Å²) in [6, 6.07) is 5.41. The lowest BCUT2D eigenvalue weighted by atomic mass is 9.88. The average molecular weight is 220 g/mol. The van der Waals surface area contributed by atoms with Gasteiger partial charge in [-0.25, -0.2) is 0 Å². The highest BCUT2D eigenvalue weighted by molar-refractivity contribution is 5.73. The van der Waals surface area contributed by atoms with Crippen LogP contribution in [0.25, 0.3) is 0 Å². The van der Waals surface area contributed by atoms with E-state index in [1.807, 2.05) is 13.0 Å². The first kappa shape index (κ1) is 11.0. The van der Waals surface area contributed by atoms with Crippen LogP contribution in [-0.4, -0.2) is 18.2 Å². The van der Waals surface area contributed by atoms with Crippen molar-refractivity contribution in [1.82, 2.24) is 0 Å². The van der Waals surface area contributed by atoms with Gasteiger partial charge in [-0.1, -0.05) is 13.0 Å². The number of aromatic hydroxyl groups is 1. The molecule has 1 N–H and O–H groups in total. The maximum absolute atomic E-state index is 11.5. The Morgan fingerprint density at radius 2 is 2.31 bits per heavy atom. The molecule has 2 rings (SSSR count). The molecule has 1 aliphatic carbocycles. The van der Waals surface area contributed by atoms with Crippen molar-refractivity contribution in [1.29, 1.82) is 0 Å². The number of fused-ring (bicyclic) bond motifs is 1. The van der Waals surface area contributed by atoms with Gasteiger partial charge in [-0.05, 0) is 42.0 Å². The van der Waals surface area contributed by atoms with E-state index in [1.54, 1.807) is 12.1 Å². The predicted octanol–water partition coefficient (Wildman–Crippen LogP) is 2.23. The van der Waals surface area contributed by atoms with Crippen LogP contribution < -0.4 is 0 Å². The van der Waals surface area contributed by atoms with E-state index in [0.717, 1.165) is 18.4 Å². The zero-order valence-corrected chi connectivity index (χ0v) is 9.56. The number of ether oxygens (including phenoxy) is 1. The fourth-order valence-electron chi connectivity index (χ4n) is 2.49. The summed E-state index contributed by atoms with van der Waals surface area (Å²) in [6.07, 6.45) is 1.93. The van der Waals surface area contributed by atoms with E-state index in [-0.39, 0.29) is 23.6 Å². The van der Waals surface area contributed by atoms with Gasteiger partial charge in [-0.15, -0.1) is 0 Å². The minimum Gasteiger partial charge on any atom is -0.508 e. The molecule has 0 radical (unpaired) electrons. The monoisotopic (exact) mass is 220 g/mol. The maximum atomic E-state index is 11.5. The lowest BCUT2D eigenvalue weighted by molar-refractivity contribution is -0.145. The molecule has 1 aliphatic rings. The highest BCUT2D eigenvalue weighted by Crippen LogP contribution is 2.40. The van der Waals surface area contributed by atoms with E-state index in [1.165, 1.54) is 12.7 Å². The highest BCUT2D eigenvalue weighted by atomic mass is 16.5. The highest BCUT2D eigenvalue weighted by Gasteiger charge is 2.31. The standard InChI is InChI=1S/C13H16O3/c1-8(13(15)16-2)11-6-4-9-3-5-10(14)7-12(9)11/h3,5,7-8,11,14H,4,6H2,1-2H3/t8-,11-/m1/s1. The molecule has 2 atom stereocenters. The zero-order valence-electron chi connectivity index (χ0n) is 9.56. The second kappa shape index (κ2) is 4.16. The topological polar surface area (TPSA) is 46.5 Å². The van der Waals surface area contributed by atoms with E-state index in [0.29, 0.717) is 0 Å². The van der Waals surface area contributed by atoms with Crippen LogP contribution in [0.3, 0.4) is 0 Å². The fourth-order valence-corrected chi connectivity index (χ4v) is 2.49. The van der Waals surface area contributed by atoms with Crippen LogP contribution in [0.5, 0.6) is 5.75 Å². The van der Waals surface area contributed by atoms with Gasteiger partial charge in [0.25, 0.3) is 0 Å². The summed E-state index contributed by atoms with van der Waals surface area (Å²) in [5, 5.41) is 9.48. The Kier molecular flexibility index (Phi) is 2.86. The number of methoxy groups -OCH3 is 1. The minimum absolute atomic E-state index is 0.145. The van der Waals surface area contributed by atoms with E-state index in [4.69, 9.17) is 4.74 Å². The summed E-state index contributed by atoms with van der Waals surface area (Å²) in [6.45, 7) is 1.88. The predicted molar refractivity (Wildman–Crippen MR) is 60.3 cm³/mol. The third kappa shape index (κ3) is 1.77. The molecule has 16 heavy (non-hydrogen) atoms. The third-order valence-electron chi connectivity index (χ3n) is 3.43. The SMILES string of the molecule is COC(=O)[C@H](C)[C@H]1CCc2ccc(O)cc21. The molecule has 0 spiro atoms. The molecule has 3 nitrogen and oxygen atoms in total. The van der Waals surface area contributed by atoms with Crippen molar-refractivity contribution in [2.45, 2.75) is 25.7 Å². The number of hydrogen-bond donors (Lipinski definition) is 1. The number of benzene rings is 1. The Bertz CT molecular complexity index is 412. The Balaban J connectivity index is 2.29. The number of carbonyl (C=O) groups excluding carboxylic acids is 1. The Morgan fingerprint density at radius 1 is 1.56 bits per heavy atom. The van der Waals surface area contributed by atoms with Crippen LogP contribution in [0.2, 0.25) is 0 Å². The summed E-state index contributed by atoms with van der Waals surface area (Å²) in [5.41, 5.74) is 2.33. The first-order valence-corrected chi connectivity index (χ1v) is 5.53. The van der Waals surface area contributed by atoms with Crippen LogP contribution >= 0.6 is 0 Å². The molecule has 1 aromatic rings. The Morgan fingerprint density at radius 3 is 3.00 bits per heavy atom. The number of carbonyl (C=O) groups is 1. The molecule has 0 bridgehead atoms. The minimum atomic E-state index is -0.179. The molecule has 0 aromatic heterocycles. The van der Waals surface area contributed by atoms with Gasteiger partial charge in [-0.3, -0.25) is 4.79 Å². The Labute approximate surface area is 95.0 Å². The van der Waals surface area contributed by atoms with Crippen molar-refractivity contribution < 1.29 is 14.6 Å². The fraction of sp³-hybridized carbons (Fsp3) is 0.462. The first-order chi connectivity index (χ1) is 7.63. The van der Waals surface area contributed by atoms with E-state index in [9.17, 15) is 9.90 Å². The number of aryl methyl sites for hydroxylation is 1. The molecule has 0 unspecified atom stereocenters. The smallest absolute Gasteiger partial charge is 0.308 e. The summed E-state index contributed by atoms with van der Waals surface area (Å²) < 4.78 is 4.77. The van der Waals surface area contributed by atoms with Gasteiger partial charge >= 0.3 is 5.97 Å². The van der Waals surface area contributed by atoms with Gasteiger partial charge in [0.2, 0.25) is 0 Å². The van der Waals surface area contributed by atoms with Crippen molar-refractivity contribution >= 4 is 5.97 Å². The number of esters is 1. The third-order valence-corrected chi connectivity index (χ3v) is 3.43. The van der Waals surface area contributed by atoms with Crippen molar-refractivity contribution in [2.75, 3.05) is 7.11 Å². The largest absolute Gasteiger partial charge is 0.508 e. The maximum Gasteiger partial charge on any atom is 0.308 e. The number of phenols is 1. The molecule has 0 amide bonds. The van der Waals surface area contributed by atoms with Crippen LogP contribution in [0.4, 0.5) is 0 Å². The lowest BCUT2D eigenvalue weighted by Crippen LogP contribution is -2.19. The van der Waals surface area contributed by atoms with Crippen LogP contribution in [0.15, 0.2) is 18.2 Å². The molecule has 0 saturated carbocycles. The number of rotatable bonds is 2. The van der Waals surface area contributed by atoms with E-state index >= 15 is 0 Å². The van der Waals surface area contributed by atoms with Crippen molar-refractivity contribution in [2.24, 2.45) is 5.92 Å². The summed E-state index contributed by atoms with van der Waals surface area (Å²) >= 11 is 0. The molecule has 86 valence electrons. The van der Waals surface area contributed by atoms with Crippen molar-refractivity contribution in [3.63, 3.8) is 0 Å². The Hall–Kier alpha value is -1.51. The molecular formula is C13H16O3. The van der Waals surface area contributed by atoms with Gasteiger partial charge in [0.15, 0.2) is 0 Å². The number of phenolic OH excluding ortho intramolecular Hbond substituents is 1. The first-order valence-electron chi connectivity index (χ1n) is 5.53. The quantitative estimate of drug-likeness (QED) is 0.777.